The number of rotatable bonds is 3. The van der Waals surface area contributed by atoms with Gasteiger partial charge in [0.15, 0.2) is 17.4 Å². The maximum absolute atomic E-state index is 10.3. The topological polar surface area (TPSA) is 136 Å². The van der Waals surface area contributed by atoms with Gasteiger partial charge in [0.2, 0.25) is 0 Å². The fourth-order valence-corrected chi connectivity index (χ4v) is 3.05. The van der Waals surface area contributed by atoms with Gasteiger partial charge in [-0.05, 0) is 19.3 Å². The van der Waals surface area contributed by atoms with E-state index in [4.69, 9.17) is 27.4 Å². The van der Waals surface area contributed by atoms with E-state index in [1.165, 1.54) is 7.11 Å². The van der Waals surface area contributed by atoms with Crippen molar-refractivity contribution in [1.82, 2.24) is 15.1 Å². The summed E-state index contributed by atoms with van der Waals surface area (Å²) in [5.74, 6) is 0.291. The predicted octanol–water partition coefficient (Wildman–Crippen LogP) is -3.12. The van der Waals surface area contributed by atoms with Gasteiger partial charge >= 0.3 is 0 Å². The molecule has 2 aliphatic rings. The molecule has 5 atom stereocenters. The zero-order valence-electron chi connectivity index (χ0n) is 14.4. The molecule has 2 heterocycles. The first-order valence-corrected chi connectivity index (χ1v) is 8.51. The first-order chi connectivity index (χ1) is 11.9. The van der Waals surface area contributed by atoms with Gasteiger partial charge in [0.1, 0.15) is 24.4 Å². The summed E-state index contributed by atoms with van der Waals surface area (Å²) in [6.45, 7) is 2.82. The van der Waals surface area contributed by atoms with Crippen molar-refractivity contribution < 1.29 is 24.8 Å². The second kappa shape index (κ2) is 9.03. The number of piperazine rings is 1. The van der Waals surface area contributed by atoms with Gasteiger partial charge in [0.25, 0.3) is 0 Å². The standard InChI is InChI=1S/C14H27N5O5S/c1-18-3-5-19(6-4-18)13(15)17-14(25)16-9-11(22)10(21)8(7-20)24-12(9)23-2/h8-12,20-22H,3-7H2,1-2H3,(H3,15,16,17,25)/t8-,9-,10+,11-,12-/m1/s1. The molecule has 0 aliphatic carbocycles. The van der Waals surface area contributed by atoms with Crippen LogP contribution in [-0.2, 0) is 9.47 Å². The Labute approximate surface area is 152 Å². The fourth-order valence-electron chi connectivity index (χ4n) is 2.82. The van der Waals surface area contributed by atoms with Crippen molar-refractivity contribution in [3.63, 3.8) is 0 Å². The molecule has 0 aromatic carbocycles. The van der Waals surface area contributed by atoms with E-state index in [2.05, 4.69) is 15.2 Å². The number of thiocarbonyl (C=S) groups is 1. The average Bonchev–Trinajstić information content (AvgIpc) is 2.59. The number of methoxy groups -OCH3 is 1. The fraction of sp³-hybridized carbons (Fsp3) is 0.857. The minimum atomic E-state index is -1.28. The first-order valence-electron chi connectivity index (χ1n) is 8.10. The molecule has 0 saturated carbocycles. The minimum Gasteiger partial charge on any atom is -0.394 e. The molecule has 6 N–H and O–H groups in total. The van der Waals surface area contributed by atoms with Crippen molar-refractivity contribution in [2.75, 3.05) is 46.9 Å². The normalized spacial score (nSPS) is 34.8. The number of nitrogens with two attached hydrogens (primary N) is 1. The predicted molar refractivity (Wildman–Crippen MR) is 95.0 cm³/mol. The van der Waals surface area contributed by atoms with Crippen molar-refractivity contribution in [3.8, 4) is 0 Å². The van der Waals surface area contributed by atoms with E-state index in [1.54, 1.807) is 0 Å². The third-order valence-corrected chi connectivity index (χ3v) is 4.66. The summed E-state index contributed by atoms with van der Waals surface area (Å²) < 4.78 is 10.6. The van der Waals surface area contributed by atoms with Crippen molar-refractivity contribution in [3.05, 3.63) is 0 Å². The molecule has 2 fully saturated rings. The number of ether oxygens (including phenoxy) is 2. The van der Waals surface area contributed by atoms with E-state index >= 15 is 0 Å². The summed E-state index contributed by atoms with van der Waals surface area (Å²) >= 11 is 5.18. The Morgan fingerprint density at radius 2 is 1.96 bits per heavy atom. The molecule has 2 rings (SSSR count). The lowest BCUT2D eigenvalue weighted by Gasteiger charge is -2.41. The van der Waals surface area contributed by atoms with E-state index < -0.39 is 37.3 Å². The molecule has 0 unspecified atom stereocenters. The second-order valence-electron chi connectivity index (χ2n) is 6.18. The Bertz CT molecular complexity index is 486. The smallest absolute Gasteiger partial charge is 0.198 e. The molecule has 0 radical (unpaired) electrons. The number of aliphatic hydroxyl groups is 3. The number of hydrogen-bond acceptors (Lipinski definition) is 7. The maximum atomic E-state index is 10.3. The molecule has 25 heavy (non-hydrogen) atoms. The van der Waals surface area contributed by atoms with E-state index in [9.17, 15) is 15.3 Å². The van der Waals surface area contributed by atoms with E-state index in [0.29, 0.717) is 5.96 Å². The Kier molecular flexibility index (Phi) is 7.31. The lowest BCUT2D eigenvalue weighted by Crippen LogP contribution is -2.64. The molecular formula is C14H27N5O5S. The van der Waals surface area contributed by atoms with Gasteiger partial charge in [0, 0.05) is 33.3 Å². The maximum Gasteiger partial charge on any atom is 0.198 e. The third kappa shape index (κ3) is 4.97. The van der Waals surface area contributed by atoms with Crippen LogP contribution in [0.4, 0.5) is 0 Å². The molecule has 2 saturated heterocycles. The average molecular weight is 377 g/mol. The molecule has 0 amide bonds. The summed E-state index contributed by atoms with van der Waals surface area (Å²) in [5, 5.41) is 32.3. The lowest BCUT2D eigenvalue weighted by atomic mass is 9.97. The number of likely N-dealkylation sites (N-methyl/N-ethyl adjacent to an activating group) is 1. The van der Waals surface area contributed by atoms with E-state index in [0.717, 1.165) is 26.2 Å². The number of aliphatic hydroxyl groups excluding tert-OH is 3. The zero-order valence-corrected chi connectivity index (χ0v) is 15.2. The van der Waals surface area contributed by atoms with Crippen LogP contribution in [-0.4, -0.2) is 114 Å². The first kappa shape index (κ1) is 20.2. The molecule has 10 nitrogen and oxygen atoms in total. The molecule has 0 spiro atoms. The van der Waals surface area contributed by atoms with Crippen molar-refractivity contribution >= 4 is 23.3 Å². The highest BCUT2D eigenvalue weighted by molar-refractivity contribution is 7.80. The van der Waals surface area contributed by atoms with Gasteiger partial charge in [-0.1, -0.05) is 0 Å². The summed E-state index contributed by atoms with van der Waals surface area (Å²) in [7, 11) is 3.43. The quantitative estimate of drug-likeness (QED) is 0.195. The van der Waals surface area contributed by atoms with Crippen LogP contribution in [0.25, 0.3) is 0 Å². The largest absolute Gasteiger partial charge is 0.394 e. The monoisotopic (exact) mass is 377 g/mol. The molecule has 0 bridgehead atoms. The highest BCUT2D eigenvalue weighted by Crippen LogP contribution is 2.21. The lowest BCUT2D eigenvalue weighted by molar-refractivity contribution is -0.260. The van der Waals surface area contributed by atoms with Crippen molar-refractivity contribution in [2.24, 2.45) is 10.7 Å². The van der Waals surface area contributed by atoms with E-state index in [-0.39, 0.29) is 5.11 Å². The van der Waals surface area contributed by atoms with Crippen LogP contribution in [0.1, 0.15) is 0 Å². The van der Waals surface area contributed by atoms with Crippen LogP contribution in [0.3, 0.4) is 0 Å². The van der Waals surface area contributed by atoms with Crippen molar-refractivity contribution in [2.45, 2.75) is 30.6 Å². The van der Waals surface area contributed by atoms with Crippen LogP contribution in [0.5, 0.6) is 0 Å². The Morgan fingerprint density at radius 3 is 2.52 bits per heavy atom. The Hall–Kier alpha value is -1.08. The SMILES string of the molecule is CO[C@@H]1O[C@H](CO)[C@H](O)[C@H](O)[C@H]1NC(=S)/N=C(\N)N1CCN(C)CC1. The van der Waals surface area contributed by atoms with Crippen LogP contribution in [0, 0.1) is 0 Å². The summed E-state index contributed by atoms with van der Waals surface area (Å²) in [4.78, 5) is 8.27. The Balaban J connectivity index is 1.99. The van der Waals surface area contributed by atoms with Gasteiger partial charge in [-0.15, -0.1) is 0 Å². The van der Waals surface area contributed by atoms with Crippen LogP contribution in [0.2, 0.25) is 0 Å². The Morgan fingerprint density at radius 1 is 1.32 bits per heavy atom. The molecule has 0 aromatic rings. The van der Waals surface area contributed by atoms with Gasteiger partial charge in [-0.2, -0.15) is 4.99 Å². The number of hydrogen-bond donors (Lipinski definition) is 5. The summed E-state index contributed by atoms with van der Waals surface area (Å²) in [6.07, 6.45) is -4.39. The van der Waals surface area contributed by atoms with Gasteiger partial charge in [0.05, 0.1) is 6.61 Å². The number of aliphatic imine (C=N–C) groups is 1. The zero-order chi connectivity index (χ0) is 18.6. The summed E-state index contributed by atoms with van der Waals surface area (Å²) in [5.41, 5.74) is 6.00. The minimum absolute atomic E-state index is 0.0563. The van der Waals surface area contributed by atoms with Crippen molar-refractivity contribution in [1.29, 1.82) is 0 Å². The molecule has 0 aromatic heterocycles. The van der Waals surface area contributed by atoms with Crippen LogP contribution in [0.15, 0.2) is 4.99 Å². The van der Waals surface area contributed by atoms with E-state index in [1.807, 2.05) is 11.9 Å². The molecule has 11 heteroatoms. The second-order valence-corrected chi connectivity index (χ2v) is 6.56. The van der Waals surface area contributed by atoms with Crippen LogP contribution < -0.4 is 11.1 Å². The number of nitrogens with one attached hydrogen (secondary N) is 1. The van der Waals surface area contributed by atoms with Gasteiger partial charge in [-0.25, -0.2) is 0 Å². The molecule has 2 aliphatic heterocycles. The number of nitrogens with zero attached hydrogens (tertiary/aromatic N) is 3. The highest BCUT2D eigenvalue weighted by atomic mass is 32.1. The number of guanidine groups is 1. The highest BCUT2D eigenvalue weighted by Gasteiger charge is 2.44. The van der Waals surface area contributed by atoms with Gasteiger partial charge < -0.3 is 45.6 Å². The third-order valence-electron chi connectivity index (χ3n) is 4.45. The molecule has 144 valence electrons. The van der Waals surface area contributed by atoms with Crippen LogP contribution >= 0.6 is 12.2 Å². The van der Waals surface area contributed by atoms with Gasteiger partial charge in [-0.3, -0.25) is 0 Å². The molecular weight excluding hydrogens is 350 g/mol. The summed E-state index contributed by atoms with van der Waals surface area (Å²) in [6, 6.07) is -0.848.